The number of hydrogen-bond donors (Lipinski definition) is 2. The molecule has 1 aliphatic carbocycles. The summed E-state index contributed by atoms with van der Waals surface area (Å²) in [7, 11) is 0. The lowest BCUT2D eigenvalue weighted by molar-refractivity contribution is 0.615. The maximum Gasteiger partial charge on any atom is 0.191 e. The zero-order valence-corrected chi connectivity index (χ0v) is 16.0. The summed E-state index contributed by atoms with van der Waals surface area (Å²) in [4.78, 5) is 4.69. The van der Waals surface area contributed by atoms with Gasteiger partial charge in [-0.15, -0.1) is 24.0 Å². The Balaban J connectivity index is 0.00000220. The zero-order chi connectivity index (χ0) is 14.2. The normalized spacial score (nSPS) is 21.7. The van der Waals surface area contributed by atoms with E-state index in [1.54, 1.807) is 0 Å². The molecule has 2 N–H and O–H groups in total. The van der Waals surface area contributed by atoms with Gasteiger partial charge in [0.25, 0.3) is 0 Å². The molecule has 0 aliphatic heterocycles. The minimum atomic E-state index is 0. The Morgan fingerprint density at radius 1 is 1.29 bits per heavy atom. The third-order valence-electron chi connectivity index (χ3n) is 3.67. The molecule has 118 valence electrons. The van der Waals surface area contributed by atoms with Crippen molar-refractivity contribution >= 4 is 41.7 Å². The molecule has 0 aromatic heterocycles. The number of hydrogen-bond acceptors (Lipinski definition) is 2. The molecule has 1 aromatic carbocycles. The van der Waals surface area contributed by atoms with Crippen LogP contribution in [0.1, 0.15) is 31.7 Å². The van der Waals surface area contributed by atoms with Crippen LogP contribution in [-0.4, -0.2) is 30.1 Å². The summed E-state index contributed by atoms with van der Waals surface area (Å²) >= 11 is 1.99. The van der Waals surface area contributed by atoms with Crippen molar-refractivity contribution in [1.29, 1.82) is 0 Å². The molecular weight excluding hydrogens is 393 g/mol. The first-order valence-corrected chi connectivity index (χ1v) is 8.72. The fraction of sp³-hybridized carbons (Fsp3) is 0.562. The first-order chi connectivity index (χ1) is 9.81. The van der Waals surface area contributed by atoms with Crippen molar-refractivity contribution in [2.24, 2.45) is 4.99 Å². The van der Waals surface area contributed by atoms with Crippen molar-refractivity contribution in [2.75, 3.05) is 12.8 Å². The Kier molecular flexibility index (Phi) is 9.15. The van der Waals surface area contributed by atoms with Crippen LogP contribution in [0, 0.1) is 0 Å². The number of benzene rings is 1. The Morgan fingerprint density at radius 3 is 2.67 bits per heavy atom. The van der Waals surface area contributed by atoms with Crippen molar-refractivity contribution in [3.8, 4) is 0 Å². The number of thioether (sulfide) groups is 1. The van der Waals surface area contributed by atoms with E-state index in [1.807, 2.05) is 17.8 Å². The van der Waals surface area contributed by atoms with E-state index in [-0.39, 0.29) is 24.0 Å². The molecule has 2 atom stereocenters. The summed E-state index contributed by atoms with van der Waals surface area (Å²) in [6.07, 6.45) is 6.02. The smallest absolute Gasteiger partial charge is 0.191 e. The number of rotatable bonds is 5. The van der Waals surface area contributed by atoms with Gasteiger partial charge in [0.1, 0.15) is 0 Å². The van der Waals surface area contributed by atoms with Crippen LogP contribution in [0.2, 0.25) is 0 Å². The quantitative estimate of drug-likeness (QED) is 0.435. The van der Waals surface area contributed by atoms with Crippen molar-refractivity contribution in [1.82, 2.24) is 10.6 Å². The summed E-state index contributed by atoms with van der Waals surface area (Å²) in [6.45, 7) is 3.74. The van der Waals surface area contributed by atoms with Crippen LogP contribution < -0.4 is 10.6 Å². The van der Waals surface area contributed by atoms with Crippen LogP contribution in [0.15, 0.2) is 35.3 Å². The molecule has 0 spiro atoms. The minimum Gasteiger partial charge on any atom is -0.357 e. The second-order valence-electron chi connectivity index (χ2n) is 5.19. The molecule has 0 saturated heterocycles. The predicted molar refractivity (Wildman–Crippen MR) is 105 cm³/mol. The molecule has 21 heavy (non-hydrogen) atoms. The Hall–Kier alpha value is -0.430. The van der Waals surface area contributed by atoms with Gasteiger partial charge in [0.2, 0.25) is 0 Å². The largest absolute Gasteiger partial charge is 0.357 e. The summed E-state index contributed by atoms with van der Waals surface area (Å²) in [5.41, 5.74) is 1.25. The van der Waals surface area contributed by atoms with Gasteiger partial charge < -0.3 is 10.6 Å². The molecule has 2 unspecified atom stereocenters. The third-order valence-corrected chi connectivity index (χ3v) is 4.76. The zero-order valence-electron chi connectivity index (χ0n) is 12.8. The van der Waals surface area contributed by atoms with Gasteiger partial charge in [-0.25, -0.2) is 4.99 Å². The van der Waals surface area contributed by atoms with Crippen LogP contribution in [0.25, 0.3) is 0 Å². The maximum absolute atomic E-state index is 4.69. The van der Waals surface area contributed by atoms with Crippen molar-refractivity contribution in [2.45, 2.75) is 44.0 Å². The van der Waals surface area contributed by atoms with Crippen LogP contribution in [-0.2, 0) is 6.54 Å². The number of nitrogens with zero attached hydrogens (tertiary/aromatic N) is 1. The van der Waals surface area contributed by atoms with Gasteiger partial charge in [-0.2, -0.15) is 11.8 Å². The Morgan fingerprint density at radius 2 is 2.05 bits per heavy atom. The fourth-order valence-corrected chi connectivity index (χ4v) is 3.35. The lowest BCUT2D eigenvalue weighted by Crippen LogP contribution is -2.42. The summed E-state index contributed by atoms with van der Waals surface area (Å²) < 4.78 is 0. The average Bonchev–Trinajstić information content (AvgIpc) is 2.94. The topological polar surface area (TPSA) is 36.4 Å². The van der Waals surface area contributed by atoms with E-state index < -0.39 is 0 Å². The van der Waals surface area contributed by atoms with Gasteiger partial charge in [-0.05, 0) is 38.0 Å². The molecule has 0 amide bonds. The number of guanidine groups is 1. The summed E-state index contributed by atoms with van der Waals surface area (Å²) in [6, 6.07) is 11.0. The van der Waals surface area contributed by atoms with Crippen LogP contribution in [0.5, 0.6) is 0 Å². The maximum atomic E-state index is 4.69. The minimum absolute atomic E-state index is 0. The highest BCUT2D eigenvalue weighted by molar-refractivity contribution is 14.0. The lowest BCUT2D eigenvalue weighted by Gasteiger charge is -2.17. The molecule has 1 saturated carbocycles. The molecule has 1 fully saturated rings. The molecule has 2 rings (SSSR count). The van der Waals surface area contributed by atoms with Gasteiger partial charge in [-0.1, -0.05) is 30.3 Å². The molecule has 3 nitrogen and oxygen atoms in total. The van der Waals surface area contributed by atoms with Crippen molar-refractivity contribution < 1.29 is 0 Å². The number of nitrogens with one attached hydrogen (secondary N) is 2. The molecule has 1 aromatic rings. The Labute approximate surface area is 149 Å². The van der Waals surface area contributed by atoms with Crippen molar-refractivity contribution in [3.63, 3.8) is 0 Å². The molecule has 0 radical (unpaired) electrons. The van der Waals surface area contributed by atoms with Gasteiger partial charge >= 0.3 is 0 Å². The lowest BCUT2D eigenvalue weighted by atomic mass is 10.2. The van der Waals surface area contributed by atoms with Crippen LogP contribution in [0.3, 0.4) is 0 Å². The van der Waals surface area contributed by atoms with E-state index in [1.165, 1.54) is 24.8 Å². The standard InChI is InChI=1S/C16H25N3S.HI/c1-3-17-16(18-12-13-7-5-4-6-8-13)19-14-9-10-15(11-14)20-2;/h4-8,14-15H,3,9-12H2,1-2H3,(H2,17,18,19);1H. The molecular formula is C16H26IN3S. The van der Waals surface area contributed by atoms with E-state index >= 15 is 0 Å². The van der Waals surface area contributed by atoms with Gasteiger partial charge in [0.05, 0.1) is 6.54 Å². The van der Waals surface area contributed by atoms with E-state index in [4.69, 9.17) is 0 Å². The average molecular weight is 419 g/mol. The first-order valence-electron chi connectivity index (χ1n) is 7.43. The highest BCUT2D eigenvalue weighted by atomic mass is 127. The van der Waals surface area contributed by atoms with Gasteiger partial charge in [-0.3, -0.25) is 0 Å². The van der Waals surface area contributed by atoms with Crippen LogP contribution in [0.4, 0.5) is 0 Å². The SMILES string of the molecule is CCNC(=NCc1ccccc1)NC1CCC(SC)C1.I. The van der Waals surface area contributed by atoms with E-state index in [0.29, 0.717) is 6.04 Å². The van der Waals surface area contributed by atoms with E-state index in [2.05, 4.69) is 53.1 Å². The van der Waals surface area contributed by atoms with E-state index in [9.17, 15) is 0 Å². The third kappa shape index (κ3) is 6.46. The second kappa shape index (κ2) is 10.3. The molecule has 1 aliphatic rings. The predicted octanol–water partition coefficient (Wildman–Crippen LogP) is 3.64. The number of halogens is 1. The summed E-state index contributed by atoms with van der Waals surface area (Å²) in [5.74, 6) is 0.947. The second-order valence-corrected chi connectivity index (χ2v) is 6.33. The fourth-order valence-electron chi connectivity index (χ4n) is 2.55. The Bertz CT molecular complexity index is 425. The number of aliphatic imine (C=N–C) groups is 1. The first kappa shape index (κ1) is 18.6. The van der Waals surface area contributed by atoms with Crippen molar-refractivity contribution in [3.05, 3.63) is 35.9 Å². The van der Waals surface area contributed by atoms with E-state index in [0.717, 1.165) is 24.3 Å². The monoisotopic (exact) mass is 419 g/mol. The highest BCUT2D eigenvalue weighted by Crippen LogP contribution is 2.27. The molecule has 5 heteroatoms. The molecule has 0 heterocycles. The van der Waals surface area contributed by atoms with Gasteiger partial charge in [0, 0.05) is 17.8 Å². The van der Waals surface area contributed by atoms with Crippen LogP contribution >= 0.6 is 35.7 Å². The van der Waals surface area contributed by atoms with Gasteiger partial charge in [0.15, 0.2) is 5.96 Å². The highest BCUT2D eigenvalue weighted by Gasteiger charge is 2.24. The molecule has 0 bridgehead atoms. The summed E-state index contributed by atoms with van der Waals surface area (Å²) in [5, 5.41) is 7.73.